The summed E-state index contributed by atoms with van der Waals surface area (Å²) in [6.07, 6.45) is 4.28. The van der Waals surface area contributed by atoms with Gasteiger partial charge in [0.15, 0.2) is 0 Å². The van der Waals surface area contributed by atoms with Crippen LogP contribution in [-0.4, -0.2) is 24.0 Å². The van der Waals surface area contributed by atoms with Crippen molar-refractivity contribution in [3.8, 4) is 0 Å². The van der Waals surface area contributed by atoms with Gasteiger partial charge in [0.05, 0.1) is 0 Å². The number of amides is 2. The van der Waals surface area contributed by atoms with Crippen LogP contribution in [0.5, 0.6) is 0 Å². The number of primary amides is 1. The van der Waals surface area contributed by atoms with Gasteiger partial charge < -0.3 is 10.6 Å². The van der Waals surface area contributed by atoms with Crippen LogP contribution in [0.4, 0.5) is 4.79 Å². The van der Waals surface area contributed by atoms with Gasteiger partial charge in [-0.2, -0.15) is 0 Å². The van der Waals surface area contributed by atoms with Crippen molar-refractivity contribution < 1.29 is 4.79 Å². The summed E-state index contributed by atoms with van der Waals surface area (Å²) in [5.74, 6) is 1.01. The Morgan fingerprint density at radius 3 is 1.88 bits per heavy atom. The van der Waals surface area contributed by atoms with Gasteiger partial charge in [0, 0.05) is 19.0 Å². The molecule has 2 N–H and O–H groups in total. The Balaban J connectivity index is 1.72. The van der Waals surface area contributed by atoms with Gasteiger partial charge in [-0.1, -0.05) is 48.5 Å². The molecule has 1 fully saturated rings. The van der Waals surface area contributed by atoms with Crippen molar-refractivity contribution >= 4 is 6.03 Å². The maximum Gasteiger partial charge on any atom is 0.314 e. The summed E-state index contributed by atoms with van der Waals surface area (Å²) in [7, 11) is 0. The largest absolute Gasteiger partial charge is 0.351 e. The molecule has 1 aliphatic carbocycles. The van der Waals surface area contributed by atoms with E-state index in [4.69, 9.17) is 5.73 Å². The number of carbonyl (C=O) groups is 1. The molecule has 2 aromatic rings. The van der Waals surface area contributed by atoms with Crippen molar-refractivity contribution in [2.45, 2.75) is 31.6 Å². The van der Waals surface area contributed by atoms with E-state index in [1.165, 1.54) is 22.3 Å². The fourth-order valence-corrected chi connectivity index (χ4v) is 4.53. The van der Waals surface area contributed by atoms with E-state index in [0.29, 0.717) is 11.8 Å². The zero-order valence-electron chi connectivity index (χ0n) is 13.9. The number of likely N-dealkylation sites (tertiary alicyclic amines) is 1. The lowest BCUT2D eigenvalue weighted by Crippen LogP contribution is -2.42. The van der Waals surface area contributed by atoms with Crippen LogP contribution in [0.1, 0.15) is 41.0 Å². The quantitative estimate of drug-likeness (QED) is 0.855. The first-order valence-electron chi connectivity index (χ1n) is 8.94. The fraction of sp³-hybridized carbons (Fsp3) is 0.381. The van der Waals surface area contributed by atoms with Crippen LogP contribution < -0.4 is 5.73 Å². The van der Waals surface area contributed by atoms with Crippen molar-refractivity contribution in [1.82, 2.24) is 4.90 Å². The molecular weight excluding hydrogens is 296 g/mol. The highest BCUT2D eigenvalue weighted by Crippen LogP contribution is 2.42. The third-order valence-corrected chi connectivity index (χ3v) is 5.77. The van der Waals surface area contributed by atoms with Crippen LogP contribution in [0.3, 0.4) is 0 Å². The predicted molar refractivity (Wildman–Crippen MR) is 96.0 cm³/mol. The standard InChI is InChI=1S/C21H24N2O/c22-21(24)23-13-11-17(12-14-23)20-18-7-3-1-5-15(18)9-10-16-6-2-4-8-19(16)20/h1-8,17,20H,9-14H2,(H2,22,24). The zero-order chi connectivity index (χ0) is 16.5. The average molecular weight is 320 g/mol. The Morgan fingerprint density at radius 2 is 1.38 bits per heavy atom. The van der Waals surface area contributed by atoms with Crippen LogP contribution in [0.15, 0.2) is 48.5 Å². The van der Waals surface area contributed by atoms with Crippen LogP contribution in [0, 0.1) is 5.92 Å². The molecule has 1 saturated heterocycles. The van der Waals surface area contributed by atoms with E-state index < -0.39 is 0 Å². The van der Waals surface area contributed by atoms with Gasteiger partial charge in [0.2, 0.25) is 0 Å². The van der Waals surface area contributed by atoms with Gasteiger partial charge in [-0.15, -0.1) is 0 Å². The first-order valence-corrected chi connectivity index (χ1v) is 8.94. The van der Waals surface area contributed by atoms with Crippen molar-refractivity contribution in [2.75, 3.05) is 13.1 Å². The Kier molecular flexibility index (Phi) is 4.01. The maximum atomic E-state index is 11.4. The van der Waals surface area contributed by atoms with Crippen LogP contribution in [0.25, 0.3) is 0 Å². The third kappa shape index (κ3) is 2.68. The first kappa shape index (κ1) is 15.3. The normalized spacial score (nSPS) is 18.6. The highest BCUT2D eigenvalue weighted by molar-refractivity contribution is 5.72. The minimum atomic E-state index is -0.282. The molecule has 2 amide bonds. The molecule has 0 bridgehead atoms. The summed E-state index contributed by atoms with van der Waals surface area (Å²) in [6, 6.07) is 17.5. The number of fused-ring (bicyclic) bond motifs is 2. The summed E-state index contributed by atoms with van der Waals surface area (Å²) < 4.78 is 0. The molecule has 2 aliphatic rings. The number of nitrogens with zero attached hydrogens (tertiary/aromatic N) is 1. The van der Waals surface area contributed by atoms with Gasteiger partial charge >= 0.3 is 6.03 Å². The van der Waals surface area contributed by atoms with Crippen LogP contribution in [0.2, 0.25) is 0 Å². The molecule has 0 spiro atoms. The number of hydrogen-bond acceptors (Lipinski definition) is 1. The Bertz CT molecular complexity index is 700. The second kappa shape index (κ2) is 6.31. The first-order chi connectivity index (χ1) is 11.7. The highest BCUT2D eigenvalue weighted by atomic mass is 16.2. The summed E-state index contributed by atoms with van der Waals surface area (Å²) in [5, 5.41) is 0. The molecule has 1 heterocycles. The number of carbonyl (C=O) groups excluding carboxylic acids is 1. The Morgan fingerprint density at radius 1 is 0.875 bits per heavy atom. The molecule has 4 rings (SSSR count). The number of benzene rings is 2. The molecular formula is C21H24N2O. The minimum Gasteiger partial charge on any atom is -0.351 e. The lowest BCUT2D eigenvalue weighted by Gasteiger charge is -2.36. The van der Waals surface area contributed by atoms with Crippen molar-refractivity contribution in [2.24, 2.45) is 11.7 Å². The summed E-state index contributed by atoms with van der Waals surface area (Å²) in [6.45, 7) is 1.56. The molecule has 0 radical (unpaired) electrons. The van der Waals surface area contributed by atoms with Crippen molar-refractivity contribution in [3.05, 3.63) is 70.8 Å². The zero-order valence-corrected chi connectivity index (χ0v) is 13.9. The second-order valence-corrected chi connectivity index (χ2v) is 7.04. The molecule has 0 aromatic heterocycles. The molecule has 2 aromatic carbocycles. The predicted octanol–water partition coefficient (Wildman–Crippen LogP) is 3.71. The van der Waals surface area contributed by atoms with E-state index in [2.05, 4.69) is 48.5 Å². The van der Waals surface area contributed by atoms with Crippen LogP contribution in [-0.2, 0) is 12.8 Å². The van der Waals surface area contributed by atoms with Gasteiger partial charge in [0.1, 0.15) is 0 Å². The molecule has 0 saturated carbocycles. The number of nitrogens with two attached hydrogens (primary N) is 1. The number of hydrogen-bond donors (Lipinski definition) is 1. The van der Waals surface area contributed by atoms with E-state index in [0.717, 1.165) is 38.8 Å². The minimum absolute atomic E-state index is 0.282. The number of piperidine rings is 1. The molecule has 3 heteroatoms. The molecule has 24 heavy (non-hydrogen) atoms. The SMILES string of the molecule is NC(=O)N1CCC(C2c3ccccc3CCc3ccccc32)CC1. The third-order valence-electron chi connectivity index (χ3n) is 5.77. The fourth-order valence-electron chi connectivity index (χ4n) is 4.53. The van der Waals surface area contributed by atoms with E-state index in [9.17, 15) is 4.79 Å². The number of aryl methyl sites for hydroxylation is 2. The van der Waals surface area contributed by atoms with E-state index in [1.54, 1.807) is 4.90 Å². The summed E-state index contributed by atoms with van der Waals surface area (Å²) >= 11 is 0. The topological polar surface area (TPSA) is 46.3 Å². The molecule has 0 unspecified atom stereocenters. The Hall–Kier alpha value is -2.29. The number of urea groups is 1. The summed E-state index contributed by atoms with van der Waals surface area (Å²) in [4.78, 5) is 13.2. The molecule has 124 valence electrons. The highest BCUT2D eigenvalue weighted by Gasteiger charge is 2.33. The van der Waals surface area contributed by atoms with Crippen LogP contribution >= 0.6 is 0 Å². The van der Waals surface area contributed by atoms with E-state index >= 15 is 0 Å². The van der Waals surface area contributed by atoms with Gasteiger partial charge in [0.25, 0.3) is 0 Å². The van der Waals surface area contributed by atoms with Gasteiger partial charge in [-0.25, -0.2) is 4.79 Å². The molecule has 3 nitrogen and oxygen atoms in total. The van der Waals surface area contributed by atoms with E-state index in [-0.39, 0.29) is 6.03 Å². The summed E-state index contributed by atoms with van der Waals surface area (Å²) in [5.41, 5.74) is 11.4. The maximum absolute atomic E-state index is 11.4. The number of rotatable bonds is 1. The smallest absolute Gasteiger partial charge is 0.314 e. The van der Waals surface area contributed by atoms with E-state index in [1.807, 2.05) is 0 Å². The molecule has 1 aliphatic heterocycles. The lowest BCUT2D eigenvalue weighted by molar-refractivity contribution is 0.174. The lowest BCUT2D eigenvalue weighted by atomic mass is 9.74. The molecule has 0 atom stereocenters. The van der Waals surface area contributed by atoms with Crippen molar-refractivity contribution in [3.63, 3.8) is 0 Å². The second-order valence-electron chi connectivity index (χ2n) is 7.04. The average Bonchev–Trinajstić information content (AvgIpc) is 2.79. The monoisotopic (exact) mass is 320 g/mol. The van der Waals surface area contributed by atoms with Crippen molar-refractivity contribution in [1.29, 1.82) is 0 Å². The Labute approximate surface area is 143 Å². The van der Waals surface area contributed by atoms with Gasteiger partial charge in [-0.3, -0.25) is 0 Å². The van der Waals surface area contributed by atoms with Gasteiger partial charge in [-0.05, 0) is 53.9 Å².